The zero-order valence-corrected chi connectivity index (χ0v) is 8.44. The van der Waals surface area contributed by atoms with E-state index in [0.29, 0.717) is 0 Å². The van der Waals surface area contributed by atoms with Gasteiger partial charge in [-0.2, -0.15) is 0 Å². The second kappa shape index (κ2) is 7.75. The van der Waals surface area contributed by atoms with Crippen LogP contribution in [0.3, 0.4) is 0 Å². The van der Waals surface area contributed by atoms with Crippen LogP contribution >= 0.6 is 46.4 Å². The quantitative estimate of drug-likeness (QED) is 0.653. The summed E-state index contributed by atoms with van der Waals surface area (Å²) in [6.07, 6.45) is -0.888. The molecular formula is C6H10Cl4O. The zero-order chi connectivity index (χ0) is 13.2. The van der Waals surface area contributed by atoms with Crippen LogP contribution in [0.15, 0.2) is 0 Å². The Kier molecular flexibility index (Phi) is 4.06. The predicted octanol–water partition coefficient (Wildman–Crippen LogP) is 2.70. The van der Waals surface area contributed by atoms with Crippen molar-refractivity contribution < 1.29 is 11.6 Å². The van der Waals surface area contributed by atoms with E-state index in [1.165, 1.54) is 0 Å². The van der Waals surface area contributed by atoms with E-state index in [4.69, 9.17) is 58.0 Å². The van der Waals surface area contributed by atoms with Gasteiger partial charge in [0, 0.05) is 20.3 Å². The van der Waals surface area contributed by atoms with Crippen LogP contribution in [0.2, 0.25) is 0 Å². The molecule has 5 heteroatoms. The van der Waals surface area contributed by atoms with Crippen molar-refractivity contribution in [3.05, 3.63) is 0 Å². The summed E-state index contributed by atoms with van der Waals surface area (Å²) < 4.78 is 41.1. The molecule has 0 aromatic rings. The van der Waals surface area contributed by atoms with Crippen LogP contribution in [0, 0.1) is 0 Å². The molecule has 0 spiro atoms. The SMILES string of the molecule is [2H]C([2H])(Cl)C([2H])(Cl)C([2H])([2H])OC(CCl)CCl. The van der Waals surface area contributed by atoms with Crippen LogP contribution in [0.4, 0.5) is 0 Å². The van der Waals surface area contributed by atoms with E-state index >= 15 is 0 Å². The third-order valence-corrected chi connectivity index (χ3v) is 1.89. The minimum absolute atomic E-state index is 0.110. The fourth-order valence-electron chi connectivity index (χ4n) is 0.259. The Bertz CT molecular complexity index is 227. The molecule has 0 N–H and O–H groups in total. The Morgan fingerprint density at radius 2 is 1.91 bits per heavy atom. The standard InChI is InChI=1S/C6H10Cl4O/c7-1-5(10)4-11-6(2-8)3-9/h5-6H,1-4H2/i1D2,4D2,5D. The van der Waals surface area contributed by atoms with Gasteiger partial charge in [0.25, 0.3) is 0 Å². The van der Waals surface area contributed by atoms with Gasteiger partial charge in [0.1, 0.15) is 0 Å². The zero-order valence-electron chi connectivity index (χ0n) is 10.4. The van der Waals surface area contributed by atoms with Gasteiger partial charge in [-0.25, -0.2) is 0 Å². The average Bonchev–Trinajstić information content (AvgIpc) is 2.12. The summed E-state index contributed by atoms with van der Waals surface area (Å²) in [5, 5.41) is -2.82. The van der Waals surface area contributed by atoms with Gasteiger partial charge in [0.2, 0.25) is 0 Å². The smallest absolute Gasteiger partial charge is 0.0846 e. The van der Waals surface area contributed by atoms with Gasteiger partial charge in [0.15, 0.2) is 0 Å². The number of hydrogen-bond donors (Lipinski definition) is 0. The molecule has 1 unspecified atom stereocenters. The van der Waals surface area contributed by atoms with E-state index in [1.807, 2.05) is 0 Å². The molecule has 0 aliphatic rings. The van der Waals surface area contributed by atoms with E-state index in [1.54, 1.807) is 0 Å². The lowest BCUT2D eigenvalue weighted by Gasteiger charge is -2.13. The molecule has 0 fully saturated rings. The maximum atomic E-state index is 7.40. The van der Waals surface area contributed by atoms with Crippen molar-refractivity contribution >= 4 is 46.4 Å². The minimum Gasteiger partial charge on any atom is -0.374 e. The first-order chi connectivity index (χ1) is 6.99. The van der Waals surface area contributed by atoms with E-state index in [9.17, 15) is 0 Å². The highest BCUT2D eigenvalue weighted by atomic mass is 35.5. The lowest BCUT2D eigenvalue weighted by atomic mass is 10.4. The van der Waals surface area contributed by atoms with Crippen molar-refractivity contribution in [2.24, 2.45) is 0 Å². The largest absolute Gasteiger partial charge is 0.374 e. The summed E-state index contributed by atoms with van der Waals surface area (Å²) in [4.78, 5) is 0. The Morgan fingerprint density at radius 3 is 2.27 bits per heavy atom. The maximum absolute atomic E-state index is 7.40. The number of ether oxygens (including phenoxy) is 1. The fourth-order valence-corrected chi connectivity index (χ4v) is 0.798. The van der Waals surface area contributed by atoms with Crippen LogP contribution in [0.5, 0.6) is 0 Å². The van der Waals surface area contributed by atoms with Crippen molar-refractivity contribution in [1.29, 1.82) is 0 Å². The number of alkyl halides is 4. The number of hydrogen-bond acceptors (Lipinski definition) is 1. The molecule has 0 radical (unpaired) electrons. The summed E-state index contributed by atoms with van der Waals surface area (Å²) in [6.45, 7) is -2.84. The highest BCUT2D eigenvalue weighted by molar-refractivity contribution is 6.28. The summed E-state index contributed by atoms with van der Waals surface area (Å²) in [6, 6.07) is 0. The van der Waals surface area contributed by atoms with Gasteiger partial charge in [-0.05, 0) is 0 Å². The van der Waals surface area contributed by atoms with Crippen molar-refractivity contribution in [3.8, 4) is 0 Å². The highest BCUT2D eigenvalue weighted by Crippen LogP contribution is 2.04. The van der Waals surface area contributed by atoms with Gasteiger partial charge in [-0.15, -0.1) is 46.4 Å². The van der Waals surface area contributed by atoms with E-state index < -0.39 is 23.8 Å². The van der Waals surface area contributed by atoms with Crippen molar-refractivity contribution in [2.45, 2.75) is 11.5 Å². The molecule has 68 valence electrons. The summed E-state index contributed by atoms with van der Waals surface area (Å²) in [5.41, 5.74) is 0. The molecule has 0 rings (SSSR count). The van der Waals surface area contributed by atoms with Crippen LogP contribution in [0.1, 0.15) is 6.85 Å². The lowest BCUT2D eigenvalue weighted by Crippen LogP contribution is -2.22. The molecule has 0 aromatic heterocycles. The molecule has 0 saturated heterocycles. The van der Waals surface area contributed by atoms with Gasteiger partial charge in [0.05, 0.1) is 22.1 Å². The molecular weight excluding hydrogens is 230 g/mol. The van der Waals surface area contributed by atoms with Crippen LogP contribution in [-0.2, 0) is 4.74 Å². The van der Waals surface area contributed by atoms with E-state index in [0.717, 1.165) is 0 Å². The van der Waals surface area contributed by atoms with Crippen molar-refractivity contribution in [3.63, 3.8) is 0 Å². The maximum Gasteiger partial charge on any atom is 0.0846 e. The number of rotatable bonds is 6. The third-order valence-electron chi connectivity index (χ3n) is 0.742. The van der Waals surface area contributed by atoms with Gasteiger partial charge in [-0.3, -0.25) is 0 Å². The topological polar surface area (TPSA) is 9.23 Å². The Morgan fingerprint density at radius 1 is 1.36 bits per heavy atom. The normalized spacial score (nSPS) is 26.1. The first kappa shape index (κ1) is 5.77. The molecule has 0 aromatic carbocycles. The second-order valence-corrected chi connectivity index (χ2v) is 2.74. The molecule has 0 saturated carbocycles. The van der Waals surface area contributed by atoms with E-state index in [-0.39, 0.29) is 11.8 Å². The Labute approximate surface area is 93.9 Å². The lowest BCUT2D eigenvalue weighted by molar-refractivity contribution is 0.0859. The molecule has 1 atom stereocenters. The average molecular weight is 245 g/mol. The number of halogens is 4. The first-order valence-corrected chi connectivity index (χ1v) is 4.49. The molecule has 0 aliphatic heterocycles. The first-order valence-electron chi connectivity index (χ1n) is 5.17. The van der Waals surface area contributed by atoms with Gasteiger partial charge >= 0.3 is 0 Å². The fraction of sp³-hybridized carbons (Fsp3) is 1.00. The van der Waals surface area contributed by atoms with Crippen LogP contribution in [-0.4, -0.2) is 35.6 Å². The summed E-state index contributed by atoms with van der Waals surface area (Å²) >= 11 is 21.5. The summed E-state index contributed by atoms with van der Waals surface area (Å²) in [5.74, 6) is -3.04. The molecule has 11 heavy (non-hydrogen) atoms. The second-order valence-electron chi connectivity index (χ2n) is 1.56. The van der Waals surface area contributed by atoms with Crippen LogP contribution < -0.4 is 0 Å². The van der Waals surface area contributed by atoms with Crippen LogP contribution in [0.25, 0.3) is 0 Å². The van der Waals surface area contributed by atoms with Crippen molar-refractivity contribution in [2.75, 3.05) is 24.2 Å². The molecule has 0 heterocycles. The summed E-state index contributed by atoms with van der Waals surface area (Å²) in [7, 11) is 0. The van der Waals surface area contributed by atoms with Crippen molar-refractivity contribution in [1.82, 2.24) is 0 Å². The molecule has 0 aliphatic carbocycles. The molecule has 1 nitrogen and oxygen atoms in total. The Balaban J connectivity index is 4.90. The van der Waals surface area contributed by atoms with E-state index in [2.05, 4.69) is 0 Å². The predicted molar refractivity (Wildman–Crippen MR) is 51.5 cm³/mol. The van der Waals surface area contributed by atoms with Gasteiger partial charge < -0.3 is 4.74 Å². The Hall–Kier alpha value is 1.12. The van der Waals surface area contributed by atoms with Gasteiger partial charge in [-0.1, -0.05) is 0 Å². The third kappa shape index (κ3) is 6.30. The minimum atomic E-state index is -2.84. The molecule has 0 amide bonds. The highest BCUT2D eigenvalue weighted by Gasteiger charge is 2.09. The monoisotopic (exact) mass is 243 g/mol. The molecule has 0 bridgehead atoms.